The first-order chi connectivity index (χ1) is 45.9. The van der Waals surface area contributed by atoms with Gasteiger partial charge in [-0.3, -0.25) is 14.8 Å². The minimum atomic E-state index is -2.09. The summed E-state index contributed by atoms with van der Waals surface area (Å²) in [4.78, 5) is 20.3. The quantitative estimate of drug-likeness (QED) is 0.0145. The van der Waals surface area contributed by atoms with Crippen LogP contribution in [0.1, 0.15) is 208 Å². The van der Waals surface area contributed by atoms with E-state index >= 15 is 0 Å². The Morgan fingerprint density at radius 1 is 0.521 bits per heavy atom. The molecule has 2 heterocycles. The van der Waals surface area contributed by atoms with Crippen molar-refractivity contribution < 1.29 is 52.3 Å². The molecule has 2 aliphatic rings. The first-order valence-corrected chi connectivity index (χ1v) is 42.0. The van der Waals surface area contributed by atoms with Crippen LogP contribution in [0.15, 0.2) is 169 Å². The van der Waals surface area contributed by atoms with E-state index < -0.39 is 59.5 Å². The van der Waals surface area contributed by atoms with Crippen LogP contribution in [-0.4, -0.2) is 126 Å². The van der Waals surface area contributed by atoms with Crippen LogP contribution in [0.25, 0.3) is 0 Å². The Morgan fingerprint density at radius 2 is 0.844 bits per heavy atom. The summed E-state index contributed by atoms with van der Waals surface area (Å²) in [7, 11) is -4.06. The van der Waals surface area contributed by atoms with Gasteiger partial charge in [0.1, 0.15) is 30.4 Å². The summed E-state index contributed by atoms with van der Waals surface area (Å²) in [5.74, 6) is -0.763. The molecule has 96 heavy (non-hydrogen) atoms. The molecule has 0 radical (unpaired) electrons. The molecule has 0 spiro atoms. The number of hydrogen-bond donors (Lipinski definition) is 2. The molecular formula is C81H126N2O11Si2. The number of allylic oxidation sites excluding steroid dienone is 2. The van der Waals surface area contributed by atoms with Crippen molar-refractivity contribution in [1.82, 2.24) is 0 Å². The Morgan fingerprint density at radius 3 is 1.17 bits per heavy atom. The van der Waals surface area contributed by atoms with Gasteiger partial charge in [-0.15, -0.1) is 6.58 Å². The van der Waals surface area contributed by atoms with Crippen LogP contribution >= 0.6 is 0 Å². The molecule has 0 aromatic heterocycles. The van der Waals surface area contributed by atoms with Crippen LogP contribution in [0.5, 0.6) is 0 Å². The lowest BCUT2D eigenvalue weighted by Gasteiger charge is -2.45. The average Bonchev–Trinajstić information content (AvgIpc) is 0.796. The van der Waals surface area contributed by atoms with Crippen LogP contribution in [0.2, 0.25) is 36.3 Å². The first kappa shape index (κ1) is 83.1. The third-order valence-electron chi connectivity index (χ3n) is 18.9. The Kier molecular flexibility index (Phi) is 38.6. The number of aliphatic hydroxyl groups excluding tert-OH is 1. The van der Waals surface area contributed by atoms with Gasteiger partial charge in [0, 0.05) is 41.4 Å². The fraction of sp³-hybridized carbons (Fsp3) is 0.593. The monoisotopic (exact) mass is 1360 g/mol. The van der Waals surface area contributed by atoms with Gasteiger partial charge in [0.25, 0.3) is 0 Å². The highest BCUT2D eigenvalue weighted by Crippen LogP contribution is 2.40. The number of nitrogens with zero attached hydrogens (tertiary/aromatic N) is 2. The van der Waals surface area contributed by atoms with Gasteiger partial charge in [0.05, 0.1) is 55.8 Å². The lowest BCUT2D eigenvalue weighted by Crippen LogP contribution is -2.60. The summed E-state index contributed by atoms with van der Waals surface area (Å²) in [6, 6.07) is 40.1. The topological polar surface area (TPSA) is 156 Å². The molecule has 15 heteroatoms. The molecular weight excluding hydrogens is 1230 g/mol. The number of benzene rings is 4. The largest absolute Gasteiger partial charge is 0.481 e. The molecule has 4 aromatic carbocycles. The van der Waals surface area contributed by atoms with Crippen LogP contribution in [0, 0.1) is 5.92 Å². The second kappa shape index (κ2) is 44.6. The molecule has 2 N–H and O–H groups in total. The standard InChI is InChI=1S/C39H61NO4Si.C38H59NO5Si.C4H6O2/c1-9-11-12-13-14-15-16-23-29-41-37-31(3)34(30-43-45(7,8)39(4,5)6)44-38(42-28-10-2)36(37)40-35(32-24-19-17-20-25-32)33-26-21-18-22-27-33;1-8-10-11-12-13-14-15-22-28-41-36-34(39-33(30-23-18-16-19-24-30)31-25-20-17-21-26-31)37(42-27-9-2)44-32(35(36)40)29-43-45(6,7)38(3,4)5;1-2-3-4(5)6/h10,17-22,24-28,31,34,36-38H,9,11-16,23,29-30H2,1-8H3;9,16-21,23-27,32,34-37,40H,8,10-15,22,28-29H2,1-7H3;2H,1,3H2,(H,5,6)/b28-10-;27-9-;/t31?,34-,36-,37+,38+;32-,34-,35?,36-,37+;/m11./s1. The average molecular weight is 1360 g/mol. The SMILES string of the molecule is C/C=C\O[C@H]1O[C@H](CO[Si](C)(C)C(C)(C)C)C(C)[C@H](OCCCCCCCCCC)[C@H]1N=C(c1ccccc1)c1ccccc1.C/C=C\O[C@H]1O[C@H](CO[Si](C)(C)C(C)(C)C)C(O)[C@H](OCCCCCCCCCC)[C@H]1N=C(c1ccccc1)c1ccccc1.C=CCC(=O)O. The van der Waals surface area contributed by atoms with Crippen LogP contribution in [0.3, 0.4) is 0 Å². The van der Waals surface area contributed by atoms with E-state index in [4.69, 9.17) is 52.4 Å². The highest BCUT2D eigenvalue weighted by Gasteiger charge is 2.50. The van der Waals surface area contributed by atoms with Crippen molar-refractivity contribution >= 4 is 34.0 Å². The van der Waals surface area contributed by atoms with Crippen molar-refractivity contribution in [2.45, 2.75) is 277 Å². The van der Waals surface area contributed by atoms with Crippen LogP contribution < -0.4 is 0 Å². The smallest absolute Gasteiger partial charge is 0.307 e. The van der Waals surface area contributed by atoms with E-state index in [9.17, 15) is 9.90 Å². The summed E-state index contributed by atoms with van der Waals surface area (Å²) >= 11 is 0. The molecule has 2 aliphatic heterocycles. The number of carbonyl (C=O) groups is 1. The lowest BCUT2D eigenvalue weighted by molar-refractivity contribution is -0.257. The minimum Gasteiger partial charge on any atom is -0.481 e. The third-order valence-corrected chi connectivity index (χ3v) is 27.9. The number of ether oxygens (including phenoxy) is 6. The first-order valence-electron chi connectivity index (χ1n) is 36.2. The van der Waals surface area contributed by atoms with E-state index in [0.29, 0.717) is 19.8 Å². The molecule has 0 saturated carbocycles. The van der Waals surface area contributed by atoms with E-state index in [1.807, 2.05) is 74.5 Å². The Bertz CT molecular complexity index is 2570. The van der Waals surface area contributed by atoms with Crippen molar-refractivity contribution in [1.29, 1.82) is 0 Å². The van der Waals surface area contributed by atoms with Gasteiger partial charge in [-0.25, -0.2) is 0 Å². The molecule has 2 fully saturated rings. The minimum absolute atomic E-state index is 0.0347. The highest BCUT2D eigenvalue weighted by molar-refractivity contribution is 6.74. The predicted octanol–water partition coefficient (Wildman–Crippen LogP) is 20.1. The Hall–Kier alpha value is -5.34. The number of aliphatic imine (C=N–C) groups is 2. The molecule has 0 bridgehead atoms. The fourth-order valence-electron chi connectivity index (χ4n) is 10.9. The zero-order valence-corrected chi connectivity index (χ0v) is 63.7. The maximum atomic E-state index is 11.9. The highest BCUT2D eigenvalue weighted by atomic mass is 28.4. The maximum Gasteiger partial charge on any atom is 0.307 e. The second-order valence-electron chi connectivity index (χ2n) is 28.7. The summed E-state index contributed by atoms with van der Waals surface area (Å²) in [6.07, 6.45) is 24.4. The number of rotatable bonds is 38. The molecule has 2 unspecified atom stereocenters. The zero-order valence-electron chi connectivity index (χ0n) is 61.7. The molecule has 4 aromatic rings. The molecule has 2 saturated heterocycles. The van der Waals surface area contributed by atoms with Crippen molar-refractivity contribution in [3.05, 3.63) is 181 Å². The van der Waals surface area contributed by atoms with Gasteiger partial charge in [0.2, 0.25) is 12.6 Å². The Balaban J connectivity index is 0.000000376. The van der Waals surface area contributed by atoms with E-state index in [2.05, 4.69) is 168 Å². The van der Waals surface area contributed by atoms with Crippen molar-refractivity contribution in [2.24, 2.45) is 15.9 Å². The number of carboxylic acid groups (broad SMARTS) is 1. The van der Waals surface area contributed by atoms with Gasteiger partial charge in [-0.1, -0.05) is 292 Å². The van der Waals surface area contributed by atoms with Gasteiger partial charge < -0.3 is 47.5 Å². The number of aliphatic carboxylic acids is 1. The summed E-state index contributed by atoms with van der Waals surface area (Å²) < 4.78 is 52.4. The molecule has 534 valence electrons. The number of unbranched alkanes of at least 4 members (excludes halogenated alkanes) is 14. The Labute approximate surface area is 583 Å². The lowest BCUT2D eigenvalue weighted by atomic mass is 9.88. The van der Waals surface area contributed by atoms with Gasteiger partial charge in [-0.05, 0) is 63.0 Å². The summed E-state index contributed by atoms with van der Waals surface area (Å²) in [5, 5.41) is 19.9. The van der Waals surface area contributed by atoms with E-state index in [-0.39, 0.29) is 47.3 Å². The van der Waals surface area contributed by atoms with E-state index in [1.54, 1.807) is 12.5 Å². The normalized spacial score (nSPS) is 21.5. The third kappa shape index (κ3) is 28.9. The number of aliphatic hydroxyl groups is 1. The van der Waals surface area contributed by atoms with Crippen LogP contribution in [0.4, 0.5) is 0 Å². The van der Waals surface area contributed by atoms with E-state index in [0.717, 1.165) is 52.9 Å². The molecule has 13 nitrogen and oxygen atoms in total. The molecule has 6 rings (SSSR count). The maximum absolute atomic E-state index is 11.9. The predicted molar refractivity (Wildman–Crippen MR) is 402 cm³/mol. The molecule has 0 aliphatic carbocycles. The number of hydrogen-bond acceptors (Lipinski definition) is 12. The molecule has 10 atom stereocenters. The van der Waals surface area contributed by atoms with Crippen molar-refractivity contribution in [3.8, 4) is 0 Å². The van der Waals surface area contributed by atoms with Gasteiger partial charge in [0.15, 0.2) is 16.6 Å². The van der Waals surface area contributed by atoms with E-state index in [1.165, 1.54) is 89.5 Å². The number of carboxylic acids is 1. The van der Waals surface area contributed by atoms with Gasteiger partial charge in [-0.2, -0.15) is 0 Å². The van der Waals surface area contributed by atoms with Crippen LogP contribution in [-0.2, 0) is 42.1 Å². The van der Waals surface area contributed by atoms with Crippen molar-refractivity contribution in [2.75, 3.05) is 26.4 Å². The zero-order chi connectivity index (χ0) is 70.4. The molecule has 0 amide bonds. The van der Waals surface area contributed by atoms with Crippen molar-refractivity contribution in [3.63, 3.8) is 0 Å². The summed E-state index contributed by atoms with van der Waals surface area (Å²) in [5.41, 5.74) is 5.81. The van der Waals surface area contributed by atoms with Gasteiger partial charge >= 0.3 is 5.97 Å². The fourth-order valence-corrected chi connectivity index (χ4v) is 12.9. The second-order valence-corrected chi connectivity index (χ2v) is 38.3. The summed E-state index contributed by atoms with van der Waals surface area (Å²) in [6.45, 7) is 38.4.